The lowest BCUT2D eigenvalue weighted by Gasteiger charge is -2.30. The Morgan fingerprint density at radius 1 is 1.06 bits per heavy atom. The summed E-state index contributed by atoms with van der Waals surface area (Å²) in [6.07, 6.45) is 2.11. The molecule has 0 atom stereocenters. The molecule has 5 rings (SSSR count). The fourth-order valence-corrected chi connectivity index (χ4v) is 5.48. The SMILES string of the molecule is CCc1ccc(-n2c(=O)c3ccccc3n3c(SCC(=O)N4CCC(C(=O)OC)CC4)nnc23)cc1. The average molecular weight is 506 g/mol. The van der Waals surface area contributed by atoms with Crippen LogP contribution in [0.1, 0.15) is 25.3 Å². The van der Waals surface area contributed by atoms with Crippen LogP contribution in [0.25, 0.3) is 22.4 Å². The third-order valence-electron chi connectivity index (χ3n) is 6.70. The first-order chi connectivity index (χ1) is 17.5. The number of hydrogen-bond donors (Lipinski definition) is 0. The molecule has 9 nitrogen and oxygen atoms in total. The molecule has 0 saturated carbocycles. The molecular formula is C26H27N5O4S. The Balaban J connectivity index is 1.45. The van der Waals surface area contributed by atoms with Crippen molar-refractivity contribution in [3.05, 3.63) is 64.4 Å². The molecule has 186 valence electrons. The van der Waals surface area contributed by atoms with Gasteiger partial charge in [0, 0.05) is 13.1 Å². The first-order valence-corrected chi connectivity index (χ1v) is 13.0. The summed E-state index contributed by atoms with van der Waals surface area (Å²) in [6.45, 7) is 3.13. The number of carbonyl (C=O) groups excluding carboxylic acids is 2. The maximum Gasteiger partial charge on any atom is 0.308 e. The largest absolute Gasteiger partial charge is 0.469 e. The second-order valence-electron chi connectivity index (χ2n) is 8.76. The summed E-state index contributed by atoms with van der Waals surface area (Å²) in [7, 11) is 1.39. The second-order valence-corrected chi connectivity index (χ2v) is 9.71. The number of fused-ring (bicyclic) bond motifs is 3. The summed E-state index contributed by atoms with van der Waals surface area (Å²) in [5.74, 6) is 0.197. The third kappa shape index (κ3) is 4.37. The molecule has 0 bridgehead atoms. The van der Waals surface area contributed by atoms with Crippen LogP contribution in [0, 0.1) is 5.92 Å². The molecule has 3 heterocycles. The molecule has 4 aromatic rings. The molecule has 1 aliphatic rings. The van der Waals surface area contributed by atoms with Crippen LogP contribution >= 0.6 is 11.8 Å². The van der Waals surface area contributed by atoms with Crippen LogP contribution in [-0.2, 0) is 20.7 Å². The van der Waals surface area contributed by atoms with E-state index < -0.39 is 0 Å². The fraction of sp³-hybridized carbons (Fsp3) is 0.346. The van der Waals surface area contributed by atoms with E-state index in [1.165, 1.54) is 24.4 Å². The maximum atomic E-state index is 13.5. The summed E-state index contributed by atoms with van der Waals surface area (Å²) in [6, 6.07) is 15.2. The number of nitrogens with zero attached hydrogens (tertiary/aromatic N) is 5. The van der Waals surface area contributed by atoms with Gasteiger partial charge in [-0.25, -0.2) is 4.57 Å². The van der Waals surface area contributed by atoms with Crippen LogP contribution < -0.4 is 5.56 Å². The van der Waals surface area contributed by atoms with Gasteiger partial charge in [-0.15, -0.1) is 10.2 Å². The van der Waals surface area contributed by atoms with Gasteiger partial charge in [-0.05, 0) is 49.1 Å². The van der Waals surface area contributed by atoms with Crippen molar-refractivity contribution in [2.45, 2.75) is 31.3 Å². The first kappa shape index (κ1) is 24.1. The van der Waals surface area contributed by atoms with E-state index in [0.29, 0.717) is 53.5 Å². The molecule has 0 radical (unpaired) electrons. The molecular weight excluding hydrogens is 478 g/mol. The smallest absolute Gasteiger partial charge is 0.308 e. The standard InChI is InChI=1S/C26H27N5O4S/c1-3-17-8-10-19(11-9-17)30-23(33)20-6-4-5-7-21(20)31-25(30)27-28-26(31)36-16-22(32)29-14-12-18(13-15-29)24(34)35-2/h4-11,18H,3,12-16H2,1-2H3. The molecule has 1 saturated heterocycles. The molecule has 0 spiro atoms. The van der Waals surface area contributed by atoms with Crippen LogP contribution in [0.3, 0.4) is 0 Å². The van der Waals surface area contributed by atoms with Gasteiger partial charge in [-0.2, -0.15) is 0 Å². The predicted molar refractivity (Wildman–Crippen MR) is 138 cm³/mol. The van der Waals surface area contributed by atoms with Gasteiger partial charge in [0.05, 0.1) is 35.4 Å². The number of methoxy groups -OCH3 is 1. The topological polar surface area (TPSA) is 98.8 Å². The van der Waals surface area contributed by atoms with Crippen molar-refractivity contribution in [3.8, 4) is 5.69 Å². The van der Waals surface area contributed by atoms with E-state index in [-0.39, 0.29) is 29.1 Å². The van der Waals surface area contributed by atoms with Crippen molar-refractivity contribution in [2.24, 2.45) is 5.92 Å². The summed E-state index contributed by atoms with van der Waals surface area (Å²) in [5, 5.41) is 9.79. The Kier molecular flexibility index (Phi) is 6.77. The highest BCUT2D eigenvalue weighted by atomic mass is 32.2. The zero-order chi connectivity index (χ0) is 25.2. The second kappa shape index (κ2) is 10.1. The van der Waals surface area contributed by atoms with E-state index in [2.05, 4.69) is 17.1 Å². The summed E-state index contributed by atoms with van der Waals surface area (Å²) in [5.41, 5.74) is 2.41. The highest BCUT2D eigenvalue weighted by Gasteiger charge is 2.28. The van der Waals surface area contributed by atoms with E-state index in [0.717, 1.165) is 6.42 Å². The summed E-state index contributed by atoms with van der Waals surface area (Å²) >= 11 is 1.29. The Morgan fingerprint density at radius 2 is 1.78 bits per heavy atom. The number of thioether (sulfide) groups is 1. The fourth-order valence-electron chi connectivity index (χ4n) is 4.63. The summed E-state index contributed by atoms with van der Waals surface area (Å²) < 4.78 is 8.24. The van der Waals surface area contributed by atoms with Gasteiger partial charge in [0.25, 0.3) is 5.56 Å². The minimum atomic E-state index is -0.214. The van der Waals surface area contributed by atoms with Gasteiger partial charge in [-0.3, -0.25) is 18.8 Å². The normalized spacial score (nSPS) is 14.4. The van der Waals surface area contributed by atoms with Crippen LogP contribution in [0.15, 0.2) is 58.5 Å². The van der Waals surface area contributed by atoms with Crippen LogP contribution in [0.4, 0.5) is 0 Å². The van der Waals surface area contributed by atoms with Crippen molar-refractivity contribution < 1.29 is 14.3 Å². The van der Waals surface area contributed by atoms with Gasteiger partial charge in [-0.1, -0.05) is 43.0 Å². The zero-order valence-electron chi connectivity index (χ0n) is 20.2. The Morgan fingerprint density at radius 3 is 2.47 bits per heavy atom. The number of esters is 1. The molecule has 2 aromatic carbocycles. The maximum absolute atomic E-state index is 13.5. The number of likely N-dealkylation sites (tertiary alicyclic amines) is 1. The number of aromatic nitrogens is 4. The van der Waals surface area contributed by atoms with Crippen LogP contribution in [0.5, 0.6) is 0 Å². The van der Waals surface area contributed by atoms with E-state index >= 15 is 0 Å². The van der Waals surface area contributed by atoms with E-state index in [1.807, 2.05) is 46.9 Å². The highest BCUT2D eigenvalue weighted by molar-refractivity contribution is 7.99. The lowest BCUT2D eigenvalue weighted by molar-refractivity contribution is -0.148. The monoisotopic (exact) mass is 505 g/mol. The highest BCUT2D eigenvalue weighted by Crippen LogP contribution is 2.25. The van der Waals surface area contributed by atoms with Crippen molar-refractivity contribution >= 4 is 40.3 Å². The van der Waals surface area contributed by atoms with Gasteiger partial charge in [0.2, 0.25) is 11.7 Å². The number of rotatable bonds is 6. The molecule has 1 aliphatic heterocycles. The van der Waals surface area contributed by atoms with Gasteiger partial charge in [0.15, 0.2) is 5.16 Å². The van der Waals surface area contributed by atoms with E-state index in [9.17, 15) is 14.4 Å². The molecule has 2 aromatic heterocycles. The summed E-state index contributed by atoms with van der Waals surface area (Å²) in [4.78, 5) is 39.9. The number of aryl methyl sites for hydroxylation is 1. The lowest BCUT2D eigenvalue weighted by Crippen LogP contribution is -2.41. The quantitative estimate of drug-likeness (QED) is 0.293. The average Bonchev–Trinajstić information content (AvgIpc) is 3.35. The van der Waals surface area contributed by atoms with E-state index in [4.69, 9.17) is 4.74 Å². The molecule has 36 heavy (non-hydrogen) atoms. The first-order valence-electron chi connectivity index (χ1n) is 12.0. The van der Waals surface area contributed by atoms with Crippen LogP contribution in [0.2, 0.25) is 0 Å². The molecule has 10 heteroatoms. The van der Waals surface area contributed by atoms with Crippen LogP contribution in [-0.4, -0.2) is 61.9 Å². The van der Waals surface area contributed by atoms with Crippen molar-refractivity contribution in [3.63, 3.8) is 0 Å². The van der Waals surface area contributed by atoms with Gasteiger partial charge in [0.1, 0.15) is 0 Å². The van der Waals surface area contributed by atoms with Crippen molar-refractivity contribution in [1.29, 1.82) is 0 Å². The number of para-hydroxylation sites is 1. The minimum absolute atomic E-state index is 0.0205. The van der Waals surface area contributed by atoms with Gasteiger partial charge >= 0.3 is 5.97 Å². The predicted octanol–water partition coefficient (Wildman–Crippen LogP) is 3.10. The minimum Gasteiger partial charge on any atom is -0.469 e. The van der Waals surface area contributed by atoms with Crippen molar-refractivity contribution in [1.82, 2.24) is 24.1 Å². The third-order valence-corrected chi connectivity index (χ3v) is 7.62. The van der Waals surface area contributed by atoms with E-state index in [1.54, 1.807) is 15.5 Å². The number of piperidine rings is 1. The molecule has 0 unspecified atom stereocenters. The number of benzene rings is 2. The number of hydrogen-bond acceptors (Lipinski definition) is 7. The lowest BCUT2D eigenvalue weighted by atomic mass is 9.97. The van der Waals surface area contributed by atoms with Crippen molar-refractivity contribution in [2.75, 3.05) is 26.0 Å². The van der Waals surface area contributed by atoms with Gasteiger partial charge < -0.3 is 9.64 Å². The molecule has 1 amide bonds. The Hall–Kier alpha value is -3.66. The molecule has 0 N–H and O–H groups in total. The zero-order valence-corrected chi connectivity index (χ0v) is 21.0. The number of ether oxygens (including phenoxy) is 1. The Labute approximate surface area is 212 Å². The molecule has 0 aliphatic carbocycles. The number of amides is 1. The number of carbonyl (C=O) groups is 2. The molecule has 1 fully saturated rings. The Bertz CT molecular complexity index is 1490.